The highest BCUT2D eigenvalue weighted by atomic mass is 79.9. The third-order valence-corrected chi connectivity index (χ3v) is 3.59. The number of halogens is 1. The maximum atomic E-state index is 10.7. The number of anilines is 1. The van der Waals surface area contributed by atoms with Gasteiger partial charge in [-0.25, -0.2) is 9.97 Å². The van der Waals surface area contributed by atoms with Gasteiger partial charge in [0, 0.05) is 23.9 Å². The van der Waals surface area contributed by atoms with E-state index in [4.69, 9.17) is 5.73 Å². The molecule has 7 nitrogen and oxygen atoms in total. The molecular weight excluding hydrogens is 326 g/mol. The van der Waals surface area contributed by atoms with Crippen molar-refractivity contribution in [1.29, 1.82) is 0 Å². The minimum atomic E-state index is -0.440. The second-order valence-corrected chi connectivity index (χ2v) is 4.80. The van der Waals surface area contributed by atoms with Gasteiger partial charge in [-0.05, 0) is 34.1 Å². The Bertz CT molecular complexity index is 813. The lowest BCUT2D eigenvalue weighted by Crippen LogP contribution is -1.99. The molecule has 0 amide bonds. The van der Waals surface area contributed by atoms with Gasteiger partial charge in [-0.1, -0.05) is 0 Å². The predicted octanol–water partition coefficient (Wildman–Crippen LogP) is 2.65. The van der Waals surface area contributed by atoms with E-state index in [0.717, 1.165) is 5.56 Å². The molecule has 2 N–H and O–H groups in total. The molecule has 0 saturated heterocycles. The lowest BCUT2D eigenvalue weighted by atomic mass is 10.1. The second kappa shape index (κ2) is 4.57. The average molecular weight is 334 g/mol. The summed E-state index contributed by atoms with van der Waals surface area (Å²) in [6, 6.07) is 7.90. The molecule has 1 aromatic carbocycles. The molecule has 0 aliphatic carbocycles. The number of hydrogen-bond acceptors (Lipinski definition) is 5. The van der Waals surface area contributed by atoms with Gasteiger partial charge in [0.2, 0.25) is 5.95 Å². The molecular formula is C12H8BrN5O2. The van der Waals surface area contributed by atoms with Crippen LogP contribution in [0.5, 0.6) is 0 Å². The Kier molecular flexibility index (Phi) is 2.87. The van der Waals surface area contributed by atoms with E-state index in [0.29, 0.717) is 21.9 Å². The van der Waals surface area contributed by atoms with Crippen LogP contribution in [0.4, 0.5) is 11.6 Å². The molecule has 0 aliphatic rings. The standard InChI is InChI=1S/C12H8BrN5O2/c13-11-10(7-1-3-8(4-2-7)18(19)20)16-9-5-6-15-12(14)17(9)11/h1-6H,(H2,14,15). The number of rotatable bonds is 2. The van der Waals surface area contributed by atoms with Gasteiger partial charge in [0.1, 0.15) is 15.9 Å². The van der Waals surface area contributed by atoms with E-state index in [-0.39, 0.29) is 5.69 Å². The number of hydrogen-bond donors (Lipinski definition) is 1. The van der Waals surface area contributed by atoms with E-state index in [1.807, 2.05) is 0 Å². The number of fused-ring (bicyclic) bond motifs is 1. The smallest absolute Gasteiger partial charge is 0.269 e. The van der Waals surface area contributed by atoms with Crippen molar-refractivity contribution in [2.24, 2.45) is 0 Å². The Morgan fingerprint density at radius 2 is 1.95 bits per heavy atom. The SMILES string of the molecule is Nc1nccc2nc(-c3ccc([N+](=O)[O-])cc3)c(Br)n12. The molecule has 0 spiro atoms. The van der Waals surface area contributed by atoms with Crippen molar-refractivity contribution in [3.05, 3.63) is 51.2 Å². The monoisotopic (exact) mass is 333 g/mol. The van der Waals surface area contributed by atoms with Crippen LogP contribution >= 0.6 is 15.9 Å². The quantitative estimate of drug-likeness (QED) is 0.574. The third-order valence-electron chi connectivity index (χ3n) is 2.86. The molecule has 0 aliphatic heterocycles. The first-order chi connectivity index (χ1) is 9.58. The fourth-order valence-corrected chi connectivity index (χ4v) is 2.59. The summed E-state index contributed by atoms with van der Waals surface area (Å²) in [6.45, 7) is 0. The summed E-state index contributed by atoms with van der Waals surface area (Å²) < 4.78 is 2.32. The van der Waals surface area contributed by atoms with Crippen molar-refractivity contribution in [3.8, 4) is 11.3 Å². The van der Waals surface area contributed by atoms with Crippen molar-refractivity contribution < 1.29 is 4.92 Å². The van der Waals surface area contributed by atoms with Crippen LogP contribution in [-0.4, -0.2) is 19.3 Å². The highest BCUT2D eigenvalue weighted by Crippen LogP contribution is 2.30. The van der Waals surface area contributed by atoms with Gasteiger partial charge in [-0.15, -0.1) is 0 Å². The Morgan fingerprint density at radius 1 is 1.25 bits per heavy atom. The van der Waals surface area contributed by atoms with Gasteiger partial charge in [0.05, 0.1) is 4.92 Å². The van der Waals surface area contributed by atoms with Crippen molar-refractivity contribution in [1.82, 2.24) is 14.4 Å². The number of non-ortho nitro benzene ring substituents is 1. The molecule has 3 rings (SSSR count). The maximum absolute atomic E-state index is 10.7. The largest absolute Gasteiger partial charge is 0.369 e. The summed E-state index contributed by atoms with van der Waals surface area (Å²) in [5.74, 6) is 0.315. The summed E-state index contributed by atoms with van der Waals surface area (Å²) in [4.78, 5) is 18.7. The van der Waals surface area contributed by atoms with E-state index in [1.54, 1.807) is 28.8 Å². The predicted molar refractivity (Wildman–Crippen MR) is 77.2 cm³/mol. The molecule has 3 aromatic rings. The van der Waals surface area contributed by atoms with E-state index in [9.17, 15) is 10.1 Å². The first-order valence-corrected chi connectivity index (χ1v) is 6.40. The number of imidazole rings is 1. The Balaban J connectivity index is 2.17. The molecule has 20 heavy (non-hydrogen) atoms. The highest BCUT2D eigenvalue weighted by Gasteiger charge is 2.14. The molecule has 8 heteroatoms. The van der Waals surface area contributed by atoms with Crippen molar-refractivity contribution in [2.45, 2.75) is 0 Å². The van der Waals surface area contributed by atoms with Crippen LogP contribution in [0, 0.1) is 10.1 Å². The number of nitro benzene ring substituents is 1. The third kappa shape index (κ3) is 1.90. The van der Waals surface area contributed by atoms with E-state index in [2.05, 4.69) is 25.9 Å². The fourth-order valence-electron chi connectivity index (χ4n) is 1.91. The molecule has 0 saturated carbocycles. The molecule has 2 heterocycles. The minimum Gasteiger partial charge on any atom is -0.369 e. The molecule has 0 bridgehead atoms. The minimum absolute atomic E-state index is 0.0369. The number of benzene rings is 1. The van der Waals surface area contributed by atoms with Gasteiger partial charge < -0.3 is 5.73 Å². The molecule has 0 fully saturated rings. The Morgan fingerprint density at radius 3 is 2.55 bits per heavy atom. The first kappa shape index (κ1) is 12.5. The van der Waals surface area contributed by atoms with Crippen LogP contribution in [0.15, 0.2) is 41.1 Å². The number of nitro groups is 1. The number of nitrogens with zero attached hydrogens (tertiary/aromatic N) is 4. The molecule has 100 valence electrons. The van der Waals surface area contributed by atoms with Gasteiger partial charge >= 0.3 is 0 Å². The van der Waals surface area contributed by atoms with Crippen molar-refractivity contribution >= 4 is 33.2 Å². The van der Waals surface area contributed by atoms with Crippen molar-refractivity contribution in [2.75, 3.05) is 5.73 Å². The van der Waals surface area contributed by atoms with Gasteiger partial charge in [-0.3, -0.25) is 14.5 Å². The average Bonchev–Trinajstić information content (AvgIpc) is 2.77. The van der Waals surface area contributed by atoms with Crippen LogP contribution in [-0.2, 0) is 0 Å². The van der Waals surface area contributed by atoms with E-state index in [1.165, 1.54) is 12.1 Å². The molecule has 2 aromatic heterocycles. The Hall–Kier alpha value is -2.48. The number of nitrogens with two attached hydrogens (primary N) is 1. The topological polar surface area (TPSA) is 99.3 Å². The number of aromatic nitrogens is 3. The van der Waals surface area contributed by atoms with Gasteiger partial charge in [0.25, 0.3) is 5.69 Å². The highest BCUT2D eigenvalue weighted by molar-refractivity contribution is 9.10. The summed E-state index contributed by atoms with van der Waals surface area (Å²) in [5, 5.41) is 10.7. The van der Waals surface area contributed by atoms with Crippen LogP contribution in [0.2, 0.25) is 0 Å². The van der Waals surface area contributed by atoms with E-state index < -0.39 is 4.92 Å². The summed E-state index contributed by atoms with van der Waals surface area (Å²) in [5.41, 5.74) is 7.90. The lowest BCUT2D eigenvalue weighted by Gasteiger charge is -1.99. The van der Waals surface area contributed by atoms with Gasteiger partial charge in [0.15, 0.2) is 0 Å². The zero-order chi connectivity index (χ0) is 14.3. The second-order valence-electron chi connectivity index (χ2n) is 4.05. The lowest BCUT2D eigenvalue weighted by molar-refractivity contribution is -0.384. The molecule has 0 atom stereocenters. The number of nitrogen functional groups attached to an aromatic ring is 1. The van der Waals surface area contributed by atoms with Crippen LogP contribution in [0.3, 0.4) is 0 Å². The summed E-state index contributed by atoms with van der Waals surface area (Å²) in [7, 11) is 0. The maximum Gasteiger partial charge on any atom is 0.269 e. The first-order valence-electron chi connectivity index (χ1n) is 5.61. The van der Waals surface area contributed by atoms with Crippen LogP contribution in [0.1, 0.15) is 0 Å². The van der Waals surface area contributed by atoms with Crippen LogP contribution in [0.25, 0.3) is 16.9 Å². The normalized spacial score (nSPS) is 10.8. The molecule has 0 unspecified atom stereocenters. The zero-order valence-electron chi connectivity index (χ0n) is 10.0. The van der Waals surface area contributed by atoms with Crippen molar-refractivity contribution in [3.63, 3.8) is 0 Å². The molecule has 0 radical (unpaired) electrons. The summed E-state index contributed by atoms with van der Waals surface area (Å²) in [6.07, 6.45) is 1.57. The fraction of sp³-hybridized carbons (Fsp3) is 0. The van der Waals surface area contributed by atoms with Gasteiger partial charge in [-0.2, -0.15) is 0 Å². The zero-order valence-corrected chi connectivity index (χ0v) is 11.6. The Labute approximate surface area is 121 Å². The van der Waals surface area contributed by atoms with E-state index >= 15 is 0 Å². The van der Waals surface area contributed by atoms with Crippen LogP contribution < -0.4 is 5.73 Å². The summed E-state index contributed by atoms with van der Waals surface area (Å²) >= 11 is 3.43.